The van der Waals surface area contributed by atoms with Crippen LogP contribution in [0.25, 0.3) is 0 Å². The van der Waals surface area contributed by atoms with Crippen LogP contribution in [0.4, 0.5) is 4.79 Å². The molecule has 2 fully saturated rings. The number of nitrogens with zero attached hydrogens (tertiary/aromatic N) is 2. The van der Waals surface area contributed by atoms with Gasteiger partial charge in [-0.05, 0) is 12.5 Å². The summed E-state index contributed by atoms with van der Waals surface area (Å²) in [5.74, 6) is -0.193. The maximum atomic E-state index is 12.3. The number of hydroxylamine groups is 3. The van der Waals surface area contributed by atoms with Crippen LogP contribution in [0.1, 0.15) is 6.92 Å². The summed E-state index contributed by atoms with van der Waals surface area (Å²) in [6, 6.07) is -2.46. The highest BCUT2D eigenvalue weighted by Crippen LogP contribution is 2.30. The first-order valence-electron chi connectivity index (χ1n) is 7.34. The van der Waals surface area contributed by atoms with Gasteiger partial charge in [0.25, 0.3) is 5.91 Å². The van der Waals surface area contributed by atoms with Gasteiger partial charge >= 0.3 is 16.4 Å². The Bertz CT molecular complexity index is 675. The maximum Gasteiger partial charge on any atom is 0.418 e. The molecule has 3 rings (SSSR count). The van der Waals surface area contributed by atoms with Gasteiger partial charge in [0.1, 0.15) is 6.04 Å². The molecule has 0 radical (unpaired) electrons. The lowest BCUT2D eigenvalue weighted by Crippen LogP contribution is -2.51. The highest BCUT2D eigenvalue weighted by atomic mass is 32.3. The third-order valence-corrected chi connectivity index (χ3v) is 4.45. The van der Waals surface area contributed by atoms with Crippen LogP contribution in [0.2, 0.25) is 0 Å². The summed E-state index contributed by atoms with van der Waals surface area (Å²) in [4.78, 5) is 30.9. The van der Waals surface area contributed by atoms with Crippen LogP contribution in [-0.4, -0.2) is 73.2 Å². The van der Waals surface area contributed by atoms with E-state index in [0.29, 0.717) is 23.2 Å². The third kappa shape index (κ3) is 3.37. The number of nitrogens with one attached hydrogen (secondary N) is 2. The topological polar surface area (TPSA) is 138 Å². The molecule has 2 bridgehead atoms. The lowest BCUT2D eigenvalue weighted by atomic mass is 10.0. The Balaban J connectivity index is 1.65. The number of carbonyl (C=O) groups excluding carboxylic acids is 2. The molecule has 0 aromatic carbocycles. The fraction of sp³-hybridized carbons (Fsp3) is 0.667. The smallest absolute Gasteiger partial charge is 0.316 e. The van der Waals surface area contributed by atoms with Crippen molar-refractivity contribution >= 4 is 22.3 Å². The minimum Gasteiger partial charge on any atom is -0.316 e. The van der Waals surface area contributed by atoms with Crippen molar-refractivity contribution in [2.24, 2.45) is 5.92 Å². The predicted molar refractivity (Wildman–Crippen MR) is 78.4 cm³/mol. The zero-order chi connectivity index (χ0) is 17.5. The summed E-state index contributed by atoms with van der Waals surface area (Å²) in [7, 11) is -4.84. The molecule has 3 heterocycles. The molecule has 3 N–H and O–H groups in total. The molecule has 2 saturated heterocycles. The Kier molecular flexibility index (Phi) is 4.48. The van der Waals surface area contributed by atoms with Crippen LogP contribution in [0.3, 0.4) is 0 Å². The fourth-order valence-corrected chi connectivity index (χ4v) is 3.27. The number of hydrogen-bond acceptors (Lipinski definition) is 7. The number of fused-ring (bicyclic) bond motifs is 2. The van der Waals surface area contributed by atoms with Gasteiger partial charge in [-0.2, -0.15) is 13.5 Å². The SMILES string of the molecule is CC1=C[C@@H]2CN(C(=O)N2OS(=O)(=O)O)[C@@H]1C(=O)NOCC1CNC1. The van der Waals surface area contributed by atoms with Crippen molar-refractivity contribution in [3.63, 3.8) is 0 Å². The summed E-state index contributed by atoms with van der Waals surface area (Å²) in [6.07, 6.45) is 1.55. The van der Waals surface area contributed by atoms with E-state index < -0.39 is 34.4 Å². The van der Waals surface area contributed by atoms with Gasteiger partial charge in [0.05, 0.1) is 19.2 Å². The average Bonchev–Trinajstić information content (AvgIpc) is 2.65. The number of amides is 3. The van der Waals surface area contributed by atoms with Crippen LogP contribution in [-0.2, 0) is 24.3 Å². The van der Waals surface area contributed by atoms with Crippen LogP contribution >= 0.6 is 0 Å². The molecule has 11 nitrogen and oxygen atoms in total. The molecule has 0 aliphatic carbocycles. The van der Waals surface area contributed by atoms with E-state index in [1.54, 1.807) is 13.0 Å². The number of hydrogen-bond donors (Lipinski definition) is 3. The number of urea groups is 1. The zero-order valence-corrected chi connectivity index (χ0v) is 13.7. The molecule has 3 aliphatic heterocycles. The monoisotopic (exact) mass is 362 g/mol. The lowest BCUT2D eigenvalue weighted by molar-refractivity contribution is -0.138. The van der Waals surface area contributed by atoms with Crippen LogP contribution in [0.5, 0.6) is 0 Å². The van der Waals surface area contributed by atoms with Gasteiger partial charge in [-0.15, -0.1) is 4.28 Å². The molecule has 12 heteroatoms. The molecule has 2 atom stereocenters. The van der Waals surface area contributed by atoms with Crippen LogP contribution in [0, 0.1) is 5.92 Å². The molecule has 0 aromatic rings. The number of rotatable bonds is 6. The zero-order valence-electron chi connectivity index (χ0n) is 12.8. The lowest BCUT2D eigenvalue weighted by Gasteiger charge is -2.30. The minimum absolute atomic E-state index is 0.0658. The Hall–Kier alpha value is -1.73. The van der Waals surface area contributed by atoms with Crippen molar-refractivity contribution in [3.05, 3.63) is 11.6 Å². The van der Waals surface area contributed by atoms with Gasteiger partial charge in [0.2, 0.25) is 0 Å². The van der Waals surface area contributed by atoms with E-state index in [1.807, 2.05) is 0 Å². The maximum absolute atomic E-state index is 12.3. The first-order chi connectivity index (χ1) is 11.3. The normalized spacial score (nSPS) is 27.1. The predicted octanol–water partition coefficient (Wildman–Crippen LogP) is -1.58. The Morgan fingerprint density at radius 1 is 1.50 bits per heavy atom. The Morgan fingerprint density at radius 2 is 2.21 bits per heavy atom. The van der Waals surface area contributed by atoms with Crippen LogP contribution < -0.4 is 10.8 Å². The number of carbonyl (C=O) groups is 2. The van der Waals surface area contributed by atoms with E-state index >= 15 is 0 Å². The van der Waals surface area contributed by atoms with Gasteiger partial charge < -0.3 is 10.2 Å². The van der Waals surface area contributed by atoms with E-state index in [4.69, 9.17) is 9.39 Å². The van der Waals surface area contributed by atoms with E-state index in [9.17, 15) is 18.0 Å². The van der Waals surface area contributed by atoms with E-state index in [2.05, 4.69) is 15.1 Å². The summed E-state index contributed by atoms with van der Waals surface area (Å²) in [5, 5.41) is 3.61. The third-order valence-electron chi connectivity index (χ3n) is 4.10. The molecule has 0 spiro atoms. The molecular formula is C12H18N4O7S. The second-order valence-corrected chi connectivity index (χ2v) is 6.95. The molecule has 3 amide bonds. The molecule has 24 heavy (non-hydrogen) atoms. The molecule has 0 saturated carbocycles. The summed E-state index contributed by atoms with van der Waals surface area (Å²) < 4.78 is 34.8. The Labute approximate surface area is 138 Å². The highest BCUT2D eigenvalue weighted by molar-refractivity contribution is 7.80. The van der Waals surface area contributed by atoms with E-state index in [0.717, 1.165) is 18.0 Å². The summed E-state index contributed by atoms with van der Waals surface area (Å²) in [5.41, 5.74) is 2.87. The first-order valence-corrected chi connectivity index (χ1v) is 8.70. The fourth-order valence-electron chi connectivity index (χ4n) is 2.89. The van der Waals surface area contributed by atoms with E-state index in [-0.39, 0.29) is 6.54 Å². The van der Waals surface area contributed by atoms with Gasteiger partial charge in [-0.25, -0.2) is 10.3 Å². The van der Waals surface area contributed by atoms with Gasteiger partial charge in [0.15, 0.2) is 0 Å². The van der Waals surface area contributed by atoms with Gasteiger partial charge in [-0.1, -0.05) is 6.08 Å². The molecule has 0 aromatic heterocycles. The average molecular weight is 362 g/mol. The molecule has 134 valence electrons. The van der Waals surface area contributed by atoms with Crippen molar-refractivity contribution < 1.29 is 31.7 Å². The molecule has 3 aliphatic rings. The van der Waals surface area contributed by atoms with Crippen molar-refractivity contribution in [1.82, 2.24) is 20.8 Å². The largest absolute Gasteiger partial charge is 0.418 e. The molecular weight excluding hydrogens is 344 g/mol. The second kappa shape index (κ2) is 6.29. The van der Waals surface area contributed by atoms with Crippen molar-refractivity contribution in [2.45, 2.75) is 19.0 Å². The summed E-state index contributed by atoms with van der Waals surface area (Å²) in [6.45, 7) is 3.72. The van der Waals surface area contributed by atoms with Crippen molar-refractivity contribution in [3.8, 4) is 0 Å². The summed E-state index contributed by atoms with van der Waals surface area (Å²) >= 11 is 0. The standard InChI is InChI=1S/C12H18N4O7S/c1-7-2-9-5-15(12(18)16(9)23-24(19,20)21)10(7)11(17)14-22-6-8-3-13-4-8/h2,8-10,13H,3-6H2,1H3,(H,14,17)(H,19,20,21)/t9-,10+/m1/s1. The van der Waals surface area contributed by atoms with Crippen molar-refractivity contribution in [2.75, 3.05) is 26.2 Å². The molecule has 0 unspecified atom stereocenters. The quantitative estimate of drug-likeness (QED) is 0.292. The minimum atomic E-state index is -4.84. The van der Waals surface area contributed by atoms with Crippen LogP contribution in [0.15, 0.2) is 11.6 Å². The Morgan fingerprint density at radius 3 is 2.79 bits per heavy atom. The van der Waals surface area contributed by atoms with Gasteiger partial charge in [0, 0.05) is 19.0 Å². The van der Waals surface area contributed by atoms with Crippen molar-refractivity contribution in [1.29, 1.82) is 0 Å². The first kappa shape index (κ1) is 17.1. The van der Waals surface area contributed by atoms with Gasteiger partial charge in [-0.3, -0.25) is 14.2 Å². The van der Waals surface area contributed by atoms with E-state index in [1.165, 1.54) is 0 Å². The second-order valence-electron chi connectivity index (χ2n) is 5.95. The highest BCUT2D eigenvalue weighted by Gasteiger charge is 2.48.